The monoisotopic (exact) mass is 395 g/mol. The molecule has 1 fully saturated rings. The van der Waals surface area contributed by atoms with Crippen LogP contribution in [-0.4, -0.2) is 65.6 Å². The summed E-state index contributed by atoms with van der Waals surface area (Å²) in [7, 11) is 0. The first-order valence-corrected chi connectivity index (χ1v) is 8.78. The summed E-state index contributed by atoms with van der Waals surface area (Å²) in [6, 6.07) is 0. The first-order chi connectivity index (χ1) is 13.3. The molecule has 12 nitrogen and oxygen atoms in total. The molecule has 0 bridgehead atoms. The van der Waals surface area contributed by atoms with Crippen LogP contribution in [-0.2, 0) is 16.0 Å². The summed E-state index contributed by atoms with van der Waals surface area (Å²) in [5.41, 5.74) is -1.35. The van der Waals surface area contributed by atoms with E-state index in [1.165, 1.54) is 17.1 Å². The molecule has 3 rings (SSSR count). The predicted octanol–water partition coefficient (Wildman–Crippen LogP) is -1.62. The number of aromatic nitrogens is 5. The zero-order valence-electron chi connectivity index (χ0n) is 15.3. The van der Waals surface area contributed by atoms with Crippen LogP contribution in [0.15, 0.2) is 22.0 Å². The molecule has 0 radical (unpaired) electrons. The van der Waals surface area contributed by atoms with Crippen molar-refractivity contribution < 1.29 is 24.5 Å². The summed E-state index contributed by atoms with van der Waals surface area (Å²) in [6.45, 7) is 3.52. The minimum atomic E-state index is -1.33. The molecule has 3 N–H and O–H groups in total. The number of carbonyl (C=O) groups excluding carboxylic acids is 1. The lowest BCUT2D eigenvalue weighted by Crippen LogP contribution is -2.39. The second-order valence-corrected chi connectivity index (χ2v) is 6.30. The summed E-state index contributed by atoms with van der Waals surface area (Å²) in [5.74, 6) is -0.644. The van der Waals surface area contributed by atoms with Crippen molar-refractivity contribution in [1.29, 1.82) is 0 Å². The molecule has 3 heterocycles. The highest BCUT2D eigenvalue weighted by Gasteiger charge is 2.43. The number of aromatic amines is 1. The van der Waals surface area contributed by atoms with Gasteiger partial charge in [0.25, 0.3) is 5.56 Å². The van der Waals surface area contributed by atoms with Crippen LogP contribution >= 0.6 is 0 Å². The van der Waals surface area contributed by atoms with E-state index in [0.29, 0.717) is 6.42 Å². The zero-order chi connectivity index (χ0) is 20.4. The van der Waals surface area contributed by atoms with Crippen LogP contribution in [0, 0.1) is 0 Å². The predicted molar refractivity (Wildman–Crippen MR) is 92.6 cm³/mol. The van der Waals surface area contributed by atoms with Gasteiger partial charge in [-0.2, -0.15) is 0 Å². The summed E-state index contributed by atoms with van der Waals surface area (Å²) >= 11 is 0. The van der Waals surface area contributed by atoms with Crippen LogP contribution in [0.2, 0.25) is 0 Å². The van der Waals surface area contributed by atoms with E-state index < -0.39 is 41.8 Å². The Morgan fingerprint density at radius 3 is 2.68 bits per heavy atom. The van der Waals surface area contributed by atoms with Gasteiger partial charge in [0.2, 0.25) is 0 Å². The van der Waals surface area contributed by atoms with Crippen molar-refractivity contribution in [3.63, 3.8) is 0 Å². The summed E-state index contributed by atoms with van der Waals surface area (Å²) < 4.78 is 12.6. The second-order valence-electron chi connectivity index (χ2n) is 6.30. The Bertz CT molecular complexity index is 965. The minimum absolute atomic E-state index is 0.0185. The number of H-pyrrole nitrogens is 1. The normalized spacial score (nSPS) is 24.4. The molecule has 28 heavy (non-hydrogen) atoms. The van der Waals surface area contributed by atoms with Crippen LogP contribution in [0.25, 0.3) is 0 Å². The van der Waals surface area contributed by atoms with E-state index in [0.717, 1.165) is 4.57 Å². The standard InChI is InChI=1S/C16H21N5O7/c1-3-10-11(22)12(23)14(28-10)21-6-8(13(24)17-16(21)26)5-20-7-9(18-19-20)15(25)27-4-2/h6-7,10-12,14,22-23H,3-5H2,1-2H3,(H,17,24,26). The van der Waals surface area contributed by atoms with Gasteiger partial charge < -0.3 is 19.7 Å². The van der Waals surface area contributed by atoms with Crippen LogP contribution in [0.4, 0.5) is 0 Å². The van der Waals surface area contributed by atoms with E-state index in [-0.39, 0.29) is 24.4 Å². The van der Waals surface area contributed by atoms with Crippen molar-refractivity contribution >= 4 is 5.97 Å². The van der Waals surface area contributed by atoms with Crippen molar-refractivity contribution in [2.24, 2.45) is 0 Å². The summed E-state index contributed by atoms with van der Waals surface area (Å²) in [5, 5.41) is 27.6. The topological polar surface area (TPSA) is 162 Å². The van der Waals surface area contributed by atoms with Gasteiger partial charge in [0.15, 0.2) is 11.9 Å². The molecule has 1 aliphatic rings. The number of rotatable bonds is 6. The Morgan fingerprint density at radius 1 is 1.29 bits per heavy atom. The Hall–Kier alpha value is -2.83. The molecule has 2 aromatic rings. The highest BCUT2D eigenvalue weighted by Crippen LogP contribution is 2.29. The Morgan fingerprint density at radius 2 is 2.04 bits per heavy atom. The van der Waals surface area contributed by atoms with E-state index in [2.05, 4.69) is 15.3 Å². The average molecular weight is 395 g/mol. The number of esters is 1. The molecular weight excluding hydrogens is 374 g/mol. The molecule has 0 amide bonds. The highest BCUT2D eigenvalue weighted by atomic mass is 16.6. The zero-order valence-corrected chi connectivity index (χ0v) is 15.3. The maximum atomic E-state index is 12.2. The van der Waals surface area contributed by atoms with Crippen LogP contribution in [0.1, 0.15) is 42.5 Å². The van der Waals surface area contributed by atoms with Gasteiger partial charge in [0, 0.05) is 6.20 Å². The van der Waals surface area contributed by atoms with Gasteiger partial charge in [-0.1, -0.05) is 12.1 Å². The van der Waals surface area contributed by atoms with E-state index in [1.807, 2.05) is 0 Å². The van der Waals surface area contributed by atoms with Gasteiger partial charge in [-0.25, -0.2) is 14.3 Å². The fourth-order valence-corrected chi connectivity index (χ4v) is 2.97. The van der Waals surface area contributed by atoms with Gasteiger partial charge in [0.05, 0.1) is 31.0 Å². The van der Waals surface area contributed by atoms with Crippen molar-refractivity contribution in [3.05, 3.63) is 44.5 Å². The molecule has 4 unspecified atom stereocenters. The number of hydrogen-bond donors (Lipinski definition) is 3. The van der Waals surface area contributed by atoms with Crippen LogP contribution in [0.5, 0.6) is 0 Å². The van der Waals surface area contributed by atoms with Gasteiger partial charge in [0.1, 0.15) is 12.2 Å². The third-order valence-corrected chi connectivity index (χ3v) is 4.41. The van der Waals surface area contributed by atoms with Crippen molar-refractivity contribution in [2.45, 2.75) is 51.4 Å². The number of hydrogen-bond acceptors (Lipinski definition) is 9. The minimum Gasteiger partial charge on any atom is -0.461 e. The molecule has 12 heteroatoms. The molecule has 0 spiro atoms. The van der Waals surface area contributed by atoms with E-state index in [1.54, 1.807) is 13.8 Å². The molecule has 0 aromatic carbocycles. The number of nitrogens with zero attached hydrogens (tertiary/aromatic N) is 4. The maximum absolute atomic E-state index is 12.2. The quantitative estimate of drug-likeness (QED) is 0.488. The fourth-order valence-electron chi connectivity index (χ4n) is 2.97. The molecular formula is C16H21N5O7. The largest absolute Gasteiger partial charge is 0.461 e. The molecule has 0 aliphatic carbocycles. The SMILES string of the molecule is CCOC(=O)c1cn(Cc2cn(C3OC(CC)C(O)C3O)c(=O)[nH]c2=O)nn1. The number of nitrogens with one attached hydrogen (secondary N) is 1. The molecule has 4 atom stereocenters. The lowest BCUT2D eigenvalue weighted by molar-refractivity contribution is -0.0406. The molecule has 0 saturated carbocycles. The fraction of sp³-hybridized carbons (Fsp3) is 0.562. The number of carbonyl (C=O) groups is 1. The second kappa shape index (κ2) is 8.04. The molecule has 1 saturated heterocycles. The van der Waals surface area contributed by atoms with Gasteiger partial charge in [-0.15, -0.1) is 5.10 Å². The van der Waals surface area contributed by atoms with Crippen molar-refractivity contribution in [1.82, 2.24) is 24.5 Å². The number of aliphatic hydroxyl groups is 2. The lowest BCUT2D eigenvalue weighted by atomic mass is 10.1. The van der Waals surface area contributed by atoms with E-state index >= 15 is 0 Å². The Kier molecular flexibility index (Phi) is 5.72. The maximum Gasteiger partial charge on any atom is 0.360 e. The third kappa shape index (κ3) is 3.74. The van der Waals surface area contributed by atoms with Crippen LogP contribution < -0.4 is 11.2 Å². The van der Waals surface area contributed by atoms with Crippen LogP contribution in [0.3, 0.4) is 0 Å². The number of aliphatic hydroxyl groups excluding tert-OH is 2. The van der Waals surface area contributed by atoms with E-state index in [9.17, 15) is 24.6 Å². The first kappa shape index (κ1) is 19.9. The van der Waals surface area contributed by atoms with Gasteiger partial charge >= 0.3 is 11.7 Å². The van der Waals surface area contributed by atoms with Crippen molar-refractivity contribution in [2.75, 3.05) is 6.61 Å². The third-order valence-electron chi connectivity index (χ3n) is 4.41. The smallest absolute Gasteiger partial charge is 0.360 e. The van der Waals surface area contributed by atoms with Gasteiger partial charge in [-0.3, -0.25) is 14.3 Å². The van der Waals surface area contributed by atoms with Gasteiger partial charge in [-0.05, 0) is 13.3 Å². The average Bonchev–Trinajstić information content (AvgIpc) is 3.23. The number of ether oxygens (including phenoxy) is 2. The Balaban J connectivity index is 1.88. The lowest BCUT2D eigenvalue weighted by Gasteiger charge is -2.18. The summed E-state index contributed by atoms with van der Waals surface area (Å²) in [6.07, 6.45) is -1.28. The first-order valence-electron chi connectivity index (χ1n) is 8.78. The van der Waals surface area contributed by atoms with E-state index in [4.69, 9.17) is 9.47 Å². The van der Waals surface area contributed by atoms with Crippen molar-refractivity contribution in [3.8, 4) is 0 Å². The summed E-state index contributed by atoms with van der Waals surface area (Å²) in [4.78, 5) is 38.1. The molecule has 1 aliphatic heterocycles. The molecule has 152 valence electrons. The molecule has 2 aromatic heterocycles. The Labute approximate surface area is 158 Å². The highest BCUT2D eigenvalue weighted by molar-refractivity contribution is 5.86.